The quantitative estimate of drug-likeness (QED) is 0.688. The lowest BCUT2D eigenvalue weighted by atomic mass is 9.89. The van der Waals surface area contributed by atoms with Gasteiger partial charge in [0, 0.05) is 15.5 Å². The van der Waals surface area contributed by atoms with Crippen LogP contribution in [0.15, 0.2) is 29.1 Å². The second kappa shape index (κ2) is 7.33. The number of halogens is 1. The van der Waals surface area contributed by atoms with E-state index >= 15 is 0 Å². The number of fused-ring (bicyclic) bond motifs is 3. The largest absolute Gasteiger partial charge is 0.368 e. The van der Waals surface area contributed by atoms with Crippen LogP contribution in [-0.4, -0.2) is 15.5 Å². The van der Waals surface area contributed by atoms with Crippen molar-refractivity contribution in [1.82, 2.24) is 9.55 Å². The van der Waals surface area contributed by atoms with E-state index in [2.05, 4.69) is 6.92 Å². The van der Waals surface area contributed by atoms with E-state index in [4.69, 9.17) is 22.3 Å². The van der Waals surface area contributed by atoms with Gasteiger partial charge in [-0.3, -0.25) is 14.2 Å². The number of aromatic nitrogens is 2. The Bertz CT molecular complexity index is 1120. The number of hydrogen-bond acceptors (Lipinski definition) is 4. The zero-order valence-corrected chi connectivity index (χ0v) is 17.4. The fraction of sp³-hybridized carbons (Fsp3) is 0.381. The van der Waals surface area contributed by atoms with Gasteiger partial charge in [0.15, 0.2) is 0 Å². The van der Waals surface area contributed by atoms with Crippen molar-refractivity contribution >= 4 is 39.1 Å². The fourth-order valence-corrected chi connectivity index (χ4v) is 5.50. The van der Waals surface area contributed by atoms with Crippen LogP contribution >= 0.6 is 22.9 Å². The molecule has 1 amide bonds. The van der Waals surface area contributed by atoms with Crippen LogP contribution in [0.4, 0.5) is 0 Å². The lowest BCUT2D eigenvalue weighted by molar-refractivity contribution is -0.121. The van der Waals surface area contributed by atoms with E-state index in [1.165, 1.54) is 9.44 Å². The molecule has 0 spiro atoms. The van der Waals surface area contributed by atoms with E-state index in [-0.39, 0.29) is 5.56 Å². The molecule has 1 aromatic carbocycles. The molecule has 2 atom stereocenters. The zero-order valence-electron chi connectivity index (χ0n) is 15.9. The molecule has 2 aromatic heterocycles. The molecule has 3 aromatic rings. The van der Waals surface area contributed by atoms with E-state index in [1.807, 2.05) is 19.1 Å². The third kappa shape index (κ3) is 3.14. The summed E-state index contributed by atoms with van der Waals surface area (Å²) in [5.41, 5.74) is 7.32. The Balaban J connectivity index is 2.05. The minimum Gasteiger partial charge on any atom is -0.368 e. The highest BCUT2D eigenvalue weighted by Gasteiger charge is 2.28. The normalized spacial score (nSPS) is 17.5. The van der Waals surface area contributed by atoms with Gasteiger partial charge in [0.2, 0.25) is 5.91 Å². The minimum absolute atomic E-state index is 0.173. The maximum Gasteiger partial charge on any atom is 0.263 e. The SMILES string of the molecule is CCC(C(N)=O)n1c(-c2ccc(Cl)cc2)nc2sc3c(c2c1=O)CCC(C)C3. The average Bonchev–Trinajstić information content (AvgIpc) is 3.02. The van der Waals surface area contributed by atoms with E-state index < -0.39 is 11.9 Å². The Kier molecular flexibility index (Phi) is 5.02. The second-order valence-electron chi connectivity index (χ2n) is 7.48. The number of thiophene rings is 1. The molecule has 0 fully saturated rings. The Morgan fingerprint density at radius 3 is 2.75 bits per heavy atom. The topological polar surface area (TPSA) is 78.0 Å². The smallest absolute Gasteiger partial charge is 0.263 e. The molecule has 1 aliphatic carbocycles. The fourth-order valence-electron chi connectivity index (χ4n) is 4.01. The van der Waals surface area contributed by atoms with Crippen LogP contribution < -0.4 is 11.3 Å². The van der Waals surface area contributed by atoms with Crippen LogP contribution in [0.5, 0.6) is 0 Å². The first-order valence-corrected chi connectivity index (χ1v) is 10.7. The lowest BCUT2D eigenvalue weighted by Gasteiger charge is -2.20. The van der Waals surface area contributed by atoms with Crippen molar-refractivity contribution in [3.8, 4) is 11.4 Å². The highest BCUT2D eigenvalue weighted by Crippen LogP contribution is 2.37. The summed E-state index contributed by atoms with van der Waals surface area (Å²) in [7, 11) is 0. The molecule has 0 bridgehead atoms. The van der Waals surface area contributed by atoms with Gasteiger partial charge in [-0.2, -0.15) is 0 Å². The number of nitrogens with two attached hydrogens (primary N) is 1. The van der Waals surface area contributed by atoms with Crippen molar-refractivity contribution in [3.05, 3.63) is 50.1 Å². The maximum atomic E-state index is 13.6. The summed E-state index contributed by atoms with van der Waals surface area (Å²) < 4.78 is 1.49. The van der Waals surface area contributed by atoms with Gasteiger partial charge in [-0.25, -0.2) is 4.98 Å². The summed E-state index contributed by atoms with van der Waals surface area (Å²) in [5, 5.41) is 1.26. The molecule has 5 nitrogen and oxygen atoms in total. The standard InChI is InChI=1S/C21H22ClN3O2S/c1-3-15(18(23)26)25-19(12-5-7-13(22)8-6-12)24-20-17(21(25)27)14-9-4-11(2)10-16(14)28-20/h5-8,11,15H,3-4,9-10H2,1-2H3,(H2,23,26). The summed E-state index contributed by atoms with van der Waals surface area (Å²) in [6, 6.07) is 6.40. The molecule has 146 valence electrons. The van der Waals surface area contributed by atoms with Gasteiger partial charge in [0.1, 0.15) is 16.7 Å². The summed E-state index contributed by atoms with van der Waals surface area (Å²) in [6.07, 6.45) is 3.33. The minimum atomic E-state index is -0.742. The van der Waals surface area contributed by atoms with Crippen LogP contribution in [0.2, 0.25) is 5.02 Å². The summed E-state index contributed by atoms with van der Waals surface area (Å²) in [6.45, 7) is 4.08. The van der Waals surface area contributed by atoms with Gasteiger partial charge >= 0.3 is 0 Å². The van der Waals surface area contributed by atoms with Crippen LogP contribution in [0.1, 0.15) is 43.2 Å². The zero-order chi connectivity index (χ0) is 20.0. The maximum absolute atomic E-state index is 13.6. The summed E-state index contributed by atoms with van der Waals surface area (Å²) in [4.78, 5) is 32.6. The Morgan fingerprint density at radius 1 is 1.39 bits per heavy atom. The molecule has 0 saturated carbocycles. The molecular weight excluding hydrogens is 394 g/mol. The van der Waals surface area contributed by atoms with Crippen LogP contribution in [0.3, 0.4) is 0 Å². The molecule has 0 saturated heterocycles. The van der Waals surface area contributed by atoms with Gasteiger partial charge in [0.25, 0.3) is 5.56 Å². The monoisotopic (exact) mass is 415 g/mol. The number of carbonyl (C=O) groups is 1. The molecule has 0 aliphatic heterocycles. The summed E-state index contributed by atoms with van der Waals surface area (Å²) in [5.74, 6) is 0.540. The van der Waals surface area contributed by atoms with Crippen molar-refractivity contribution in [2.45, 2.75) is 45.6 Å². The number of nitrogens with zero attached hydrogens (tertiary/aromatic N) is 2. The number of benzene rings is 1. The van der Waals surface area contributed by atoms with Crippen LogP contribution in [0.25, 0.3) is 21.6 Å². The van der Waals surface area contributed by atoms with E-state index in [0.29, 0.717) is 28.6 Å². The van der Waals surface area contributed by atoms with Crippen molar-refractivity contribution in [2.75, 3.05) is 0 Å². The first kappa shape index (κ1) is 19.2. The lowest BCUT2D eigenvalue weighted by Crippen LogP contribution is -2.35. The van der Waals surface area contributed by atoms with Gasteiger partial charge in [-0.05, 0) is 61.4 Å². The van der Waals surface area contributed by atoms with Crippen LogP contribution in [0, 0.1) is 5.92 Å². The molecular formula is C21H22ClN3O2S. The van der Waals surface area contributed by atoms with Crippen LogP contribution in [-0.2, 0) is 17.6 Å². The van der Waals surface area contributed by atoms with E-state index in [0.717, 1.165) is 35.2 Å². The number of hydrogen-bond donors (Lipinski definition) is 1. The molecule has 1 aliphatic rings. The number of primary amides is 1. The van der Waals surface area contributed by atoms with Gasteiger partial charge < -0.3 is 5.73 Å². The van der Waals surface area contributed by atoms with Gasteiger partial charge in [-0.1, -0.05) is 25.4 Å². The Hall–Kier alpha value is -2.18. The molecule has 28 heavy (non-hydrogen) atoms. The average molecular weight is 416 g/mol. The molecule has 2 N–H and O–H groups in total. The van der Waals surface area contributed by atoms with Crippen molar-refractivity contribution < 1.29 is 4.79 Å². The number of amides is 1. The highest BCUT2D eigenvalue weighted by atomic mass is 35.5. The van der Waals surface area contributed by atoms with E-state index in [1.54, 1.807) is 23.5 Å². The van der Waals surface area contributed by atoms with Crippen molar-refractivity contribution in [3.63, 3.8) is 0 Å². The summed E-state index contributed by atoms with van der Waals surface area (Å²) >= 11 is 7.63. The molecule has 2 unspecified atom stereocenters. The van der Waals surface area contributed by atoms with Gasteiger partial charge in [0.05, 0.1) is 5.39 Å². The first-order chi connectivity index (χ1) is 13.4. The third-order valence-electron chi connectivity index (χ3n) is 5.49. The predicted octanol–water partition coefficient (Wildman–Crippen LogP) is 4.34. The third-order valence-corrected chi connectivity index (χ3v) is 6.89. The molecule has 7 heteroatoms. The van der Waals surface area contributed by atoms with Crippen molar-refractivity contribution in [1.29, 1.82) is 0 Å². The molecule has 0 radical (unpaired) electrons. The highest BCUT2D eigenvalue weighted by molar-refractivity contribution is 7.18. The second-order valence-corrected chi connectivity index (χ2v) is 9.00. The molecule has 4 rings (SSSR count). The number of carbonyl (C=O) groups excluding carboxylic acids is 1. The van der Waals surface area contributed by atoms with Gasteiger partial charge in [-0.15, -0.1) is 11.3 Å². The number of aryl methyl sites for hydroxylation is 1. The molecule has 2 heterocycles. The predicted molar refractivity (Wildman–Crippen MR) is 114 cm³/mol. The Labute approximate surface area is 172 Å². The first-order valence-electron chi connectivity index (χ1n) is 9.52. The number of rotatable bonds is 4. The van der Waals surface area contributed by atoms with Crippen molar-refractivity contribution in [2.24, 2.45) is 11.7 Å². The van der Waals surface area contributed by atoms with E-state index in [9.17, 15) is 9.59 Å². The Morgan fingerprint density at radius 2 is 2.11 bits per heavy atom.